The molecule has 1 heterocycles. The third-order valence-corrected chi connectivity index (χ3v) is 3.12. The summed E-state index contributed by atoms with van der Waals surface area (Å²) >= 11 is 1.23. The van der Waals surface area contributed by atoms with E-state index in [-0.39, 0.29) is 6.61 Å². The molecule has 0 radical (unpaired) electrons. The number of aliphatic hydroxyl groups excluding tert-OH is 3. The van der Waals surface area contributed by atoms with Gasteiger partial charge in [-0.25, -0.2) is 0 Å². The predicted molar refractivity (Wildman–Crippen MR) is 54.2 cm³/mol. The van der Waals surface area contributed by atoms with Gasteiger partial charge in [0.25, 0.3) is 0 Å². The van der Waals surface area contributed by atoms with Crippen LogP contribution in [0.1, 0.15) is 0 Å². The van der Waals surface area contributed by atoms with Gasteiger partial charge < -0.3 is 20.1 Å². The van der Waals surface area contributed by atoms with Crippen molar-refractivity contribution in [2.45, 2.75) is 29.8 Å². The molecule has 1 saturated heterocycles. The molecule has 5 atom stereocenters. The first-order chi connectivity index (χ1) is 7.15. The summed E-state index contributed by atoms with van der Waals surface area (Å²) in [7, 11) is 0. The molecule has 0 spiro atoms. The number of thioether (sulfide) groups is 1. The Morgan fingerprint density at radius 1 is 1.47 bits per heavy atom. The summed E-state index contributed by atoms with van der Waals surface area (Å²) in [6.45, 7) is -0.387. The summed E-state index contributed by atoms with van der Waals surface area (Å²) in [6.07, 6.45) is -1.38. The maximum Gasteiger partial charge on any atom is 0.130 e. The standard InChI is InChI=1S/C7H13N3O4S/c1-15-7-6(13)4(9-10-8)5(12)3(2-11)14-7/h3-7,11-13H,2H2,1H3/t3?,4-,5+,6?,7-/m0/s1. The number of nitrogens with zero attached hydrogens (tertiary/aromatic N) is 3. The average molecular weight is 235 g/mol. The Kier molecular flexibility index (Phi) is 4.65. The molecule has 86 valence electrons. The molecule has 1 fully saturated rings. The van der Waals surface area contributed by atoms with Crippen LogP contribution in [0.3, 0.4) is 0 Å². The third kappa shape index (κ3) is 2.54. The molecule has 0 amide bonds. The van der Waals surface area contributed by atoms with E-state index in [2.05, 4.69) is 10.0 Å². The monoisotopic (exact) mass is 235 g/mol. The van der Waals surface area contributed by atoms with E-state index in [1.54, 1.807) is 6.26 Å². The zero-order chi connectivity index (χ0) is 11.4. The second-order valence-electron chi connectivity index (χ2n) is 3.14. The molecule has 1 rings (SSSR count). The van der Waals surface area contributed by atoms with Crippen molar-refractivity contribution < 1.29 is 20.1 Å². The lowest BCUT2D eigenvalue weighted by atomic mass is 9.98. The summed E-state index contributed by atoms with van der Waals surface area (Å²) in [4.78, 5) is 2.56. The molecule has 2 unspecified atom stereocenters. The molecule has 0 bridgehead atoms. The van der Waals surface area contributed by atoms with Gasteiger partial charge in [0.15, 0.2) is 0 Å². The SMILES string of the molecule is CS[C@@H]1OC(CO)[C@@H](O)[C@H](N=[N+]=[N-])C1O. The molecule has 8 heteroatoms. The van der Waals surface area contributed by atoms with Gasteiger partial charge in [0.1, 0.15) is 17.6 Å². The van der Waals surface area contributed by atoms with Crippen LogP contribution >= 0.6 is 11.8 Å². The highest BCUT2D eigenvalue weighted by atomic mass is 32.2. The fraction of sp³-hybridized carbons (Fsp3) is 1.00. The second kappa shape index (κ2) is 5.55. The van der Waals surface area contributed by atoms with Gasteiger partial charge >= 0.3 is 0 Å². The van der Waals surface area contributed by atoms with E-state index in [4.69, 9.17) is 15.4 Å². The Hall–Kier alpha value is -0.500. The molecule has 1 aliphatic rings. The van der Waals surface area contributed by atoms with Crippen LogP contribution in [0, 0.1) is 0 Å². The van der Waals surface area contributed by atoms with E-state index in [0.29, 0.717) is 0 Å². The van der Waals surface area contributed by atoms with Gasteiger partial charge in [-0.3, -0.25) is 0 Å². The van der Waals surface area contributed by atoms with E-state index >= 15 is 0 Å². The van der Waals surface area contributed by atoms with Crippen molar-refractivity contribution in [1.82, 2.24) is 0 Å². The number of aliphatic hydroxyl groups is 3. The Morgan fingerprint density at radius 3 is 2.60 bits per heavy atom. The van der Waals surface area contributed by atoms with Crippen LogP contribution in [0.4, 0.5) is 0 Å². The third-order valence-electron chi connectivity index (χ3n) is 2.27. The van der Waals surface area contributed by atoms with Crippen LogP contribution in [0.2, 0.25) is 0 Å². The zero-order valence-corrected chi connectivity index (χ0v) is 8.91. The van der Waals surface area contributed by atoms with E-state index < -0.39 is 29.8 Å². The van der Waals surface area contributed by atoms with Crippen molar-refractivity contribution in [3.8, 4) is 0 Å². The van der Waals surface area contributed by atoms with Gasteiger partial charge in [0.2, 0.25) is 0 Å². The van der Waals surface area contributed by atoms with Gasteiger partial charge in [-0.15, -0.1) is 11.8 Å². The summed E-state index contributed by atoms with van der Waals surface area (Å²) in [5, 5.41) is 31.6. The van der Waals surface area contributed by atoms with Crippen molar-refractivity contribution in [2.24, 2.45) is 5.11 Å². The molecular formula is C7H13N3O4S. The first kappa shape index (κ1) is 12.6. The quantitative estimate of drug-likeness (QED) is 0.345. The summed E-state index contributed by atoms with van der Waals surface area (Å²) < 4.78 is 5.22. The van der Waals surface area contributed by atoms with Gasteiger partial charge in [0.05, 0.1) is 18.8 Å². The highest BCUT2D eigenvalue weighted by molar-refractivity contribution is 7.99. The van der Waals surface area contributed by atoms with Crippen LogP contribution in [-0.2, 0) is 4.74 Å². The number of rotatable bonds is 3. The zero-order valence-electron chi connectivity index (χ0n) is 8.09. The lowest BCUT2D eigenvalue weighted by molar-refractivity contribution is -0.159. The van der Waals surface area contributed by atoms with Crippen molar-refractivity contribution >= 4 is 11.8 Å². The largest absolute Gasteiger partial charge is 0.394 e. The number of azide groups is 1. The van der Waals surface area contributed by atoms with Crippen LogP contribution in [0.5, 0.6) is 0 Å². The average Bonchev–Trinajstić information content (AvgIpc) is 2.25. The number of hydrogen-bond donors (Lipinski definition) is 3. The van der Waals surface area contributed by atoms with E-state index in [1.807, 2.05) is 0 Å². The maximum absolute atomic E-state index is 9.69. The predicted octanol–water partition coefficient (Wildman–Crippen LogP) is -0.533. The molecule has 1 aliphatic heterocycles. The molecule has 3 N–H and O–H groups in total. The molecule has 0 aliphatic carbocycles. The van der Waals surface area contributed by atoms with Gasteiger partial charge in [-0.05, 0) is 11.8 Å². The normalized spacial score (nSPS) is 40.9. The molecule has 0 aromatic rings. The van der Waals surface area contributed by atoms with Gasteiger partial charge in [-0.1, -0.05) is 5.11 Å². The molecule has 0 saturated carbocycles. The minimum Gasteiger partial charge on any atom is -0.394 e. The maximum atomic E-state index is 9.69. The first-order valence-electron chi connectivity index (χ1n) is 4.35. The summed E-state index contributed by atoms with van der Waals surface area (Å²) in [5.41, 5.74) is 7.69. The minimum absolute atomic E-state index is 0.387. The van der Waals surface area contributed by atoms with Gasteiger partial charge in [-0.2, -0.15) is 0 Å². The van der Waals surface area contributed by atoms with Crippen molar-refractivity contribution in [3.05, 3.63) is 10.4 Å². The molecule has 7 nitrogen and oxygen atoms in total. The lowest BCUT2D eigenvalue weighted by Crippen LogP contribution is -2.56. The summed E-state index contributed by atoms with van der Waals surface area (Å²) in [6, 6.07) is -0.988. The Bertz CT molecular complexity index is 245. The fourth-order valence-electron chi connectivity index (χ4n) is 1.46. The van der Waals surface area contributed by atoms with Crippen LogP contribution in [0.25, 0.3) is 10.4 Å². The summed E-state index contributed by atoms with van der Waals surface area (Å²) in [5.74, 6) is 0. The highest BCUT2D eigenvalue weighted by Gasteiger charge is 2.43. The van der Waals surface area contributed by atoms with Gasteiger partial charge in [0, 0.05) is 4.91 Å². The first-order valence-corrected chi connectivity index (χ1v) is 5.64. The topological polar surface area (TPSA) is 119 Å². The Labute approximate surface area is 90.7 Å². The van der Waals surface area contributed by atoms with Crippen LogP contribution in [0.15, 0.2) is 5.11 Å². The molecule has 15 heavy (non-hydrogen) atoms. The molecule has 0 aromatic carbocycles. The van der Waals surface area contributed by atoms with Crippen LogP contribution in [-0.4, -0.2) is 58.0 Å². The van der Waals surface area contributed by atoms with Crippen molar-refractivity contribution in [1.29, 1.82) is 0 Å². The van der Waals surface area contributed by atoms with E-state index in [0.717, 1.165) is 0 Å². The number of hydrogen-bond acceptors (Lipinski definition) is 6. The van der Waals surface area contributed by atoms with E-state index in [1.165, 1.54) is 11.8 Å². The minimum atomic E-state index is -1.19. The van der Waals surface area contributed by atoms with E-state index in [9.17, 15) is 10.2 Å². The number of ether oxygens (including phenoxy) is 1. The lowest BCUT2D eigenvalue weighted by Gasteiger charge is -2.39. The highest BCUT2D eigenvalue weighted by Crippen LogP contribution is 2.28. The fourth-order valence-corrected chi connectivity index (χ4v) is 2.15. The molecular weight excluding hydrogens is 222 g/mol. The van der Waals surface area contributed by atoms with Crippen molar-refractivity contribution in [3.63, 3.8) is 0 Å². The second-order valence-corrected chi connectivity index (χ2v) is 4.07. The Morgan fingerprint density at radius 2 is 2.13 bits per heavy atom. The molecule has 0 aromatic heterocycles. The van der Waals surface area contributed by atoms with Crippen molar-refractivity contribution in [2.75, 3.05) is 12.9 Å². The van der Waals surface area contributed by atoms with Crippen LogP contribution < -0.4 is 0 Å². The Balaban J connectivity index is 2.85. The smallest absolute Gasteiger partial charge is 0.130 e.